The second kappa shape index (κ2) is 8.25. The first-order chi connectivity index (χ1) is 12.9. The highest BCUT2D eigenvalue weighted by Gasteiger charge is 2.11. The van der Waals surface area contributed by atoms with E-state index >= 15 is 0 Å². The first kappa shape index (κ1) is 19.0. The van der Waals surface area contributed by atoms with Crippen molar-refractivity contribution in [2.75, 3.05) is 10.6 Å². The highest BCUT2D eigenvalue weighted by Crippen LogP contribution is 2.22. The zero-order valence-electron chi connectivity index (χ0n) is 14.4. The molecule has 0 aliphatic heterocycles. The van der Waals surface area contributed by atoms with Crippen LogP contribution in [0.4, 0.5) is 11.4 Å². The Labute approximate surface area is 167 Å². The van der Waals surface area contributed by atoms with Gasteiger partial charge in [0.15, 0.2) is 0 Å². The SMILES string of the molecule is Cc1ccc(C(=O)Nc2ccc(NC(=O)c3ccc(Cl)cc3Cl)cc2)cc1. The monoisotopic (exact) mass is 398 g/mol. The molecular weight excluding hydrogens is 383 g/mol. The molecule has 3 aromatic rings. The molecule has 0 aliphatic rings. The Morgan fingerprint density at radius 3 is 1.85 bits per heavy atom. The molecule has 3 aromatic carbocycles. The van der Waals surface area contributed by atoms with Crippen LogP contribution in [-0.2, 0) is 0 Å². The number of benzene rings is 3. The molecule has 0 saturated heterocycles. The molecule has 0 radical (unpaired) electrons. The van der Waals surface area contributed by atoms with E-state index in [1.54, 1.807) is 48.5 Å². The van der Waals surface area contributed by atoms with Crippen LogP contribution in [0.2, 0.25) is 10.0 Å². The van der Waals surface area contributed by atoms with Gasteiger partial charge in [-0.05, 0) is 61.5 Å². The van der Waals surface area contributed by atoms with Crippen molar-refractivity contribution in [3.8, 4) is 0 Å². The van der Waals surface area contributed by atoms with Crippen molar-refractivity contribution in [2.45, 2.75) is 6.92 Å². The molecule has 6 heteroatoms. The largest absolute Gasteiger partial charge is 0.322 e. The number of hydrogen-bond acceptors (Lipinski definition) is 2. The normalized spacial score (nSPS) is 10.3. The molecule has 4 nitrogen and oxygen atoms in total. The zero-order chi connectivity index (χ0) is 19.4. The summed E-state index contributed by atoms with van der Waals surface area (Å²) < 4.78 is 0. The number of carbonyl (C=O) groups is 2. The third-order valence-electron chi connectivity index (χ3n) is 3.89. The van der Waals surface area contributed by atoms with E-state index in [1.807, 2.05) is 19.1 Å². The van der Waals surface area contributed by atoms with E-state index in [1.165, 1.54) is 6.07 Å². The Morgan fingerprint density at radius 1 is 0.741 bits per heavy atom. The van der Waals surface area contributed by atoms with Crippen molar-refractivity contribution in [1.82, 2.24) is 0 Å². The van der Waals surface area contributed by atoms with Gasteiger partial charge in [0.05, 0.1) is 10.6 Å². The van der Waals surface area contributed by atoms with Crippen molar-refractivity contribution in [2.24, 2.45) is 0 Å². The van der Waals surface area contributed by atoms with E-state index < -0.39 is 0 Å². The minimum absolute atomic E-state index is 0.195. The summed E-state index contributed by atoms with van der Waals surface area (Å²) in [6, 6.07) is 18.8. The highest BCUT2D eigenvalue weighted by atomic mass is 35.5. The Balaban J connectivity index is 1.65. The molecule has 0 bridgehead atoms. The number of aryl methyl sites for hydroxylation is 1. The molecule has 27 heavy (non-hydrogen) atoms. The Morgan fingerprint density at radius 2 is 1.30 bits per heavy atom. The summed E-state index contributed by atoms with van der Waals surface area (Å²) in [7, 11) is 0. The second-order valence-electron chi connectivity index (χ2n) is 5.98. The maximum absolute atomic E-state index is 12.3. The summed E-state index contributed by atoms with van der Waals surface area (Å²) in [6.07, 6.45) is 0. The van der Waals surface area contributed by atoms with Gasteiger partial charge >= 0.3 is 0 Å². The lowest BCUT2D eigenvalue weighted by molar-refractivity contribution is 0.101. The Kier molecular flexibility index (Phi) is 5.79. The predicted octanol–water partition coefficient (Wildman–Crippen LogP) is 5.81. The Bertz CT molecular complexity index is 984. The maximum Gasteiger partial charge on any atom is 0.257 e. The van der Waals surface area contributed by atoms with E-state index in [9.17, 15) is 9.59 Å². The van der Waals surface area contributed by atoms with E-state index in [0.29, 0.717) is 27.5 Å². The molecule has 0 fully saturated rings. The number of rotatable bonds is 4. The van der Waals surface area contributed by atoms with Crippen LogP contribution in [0.15, 0.2) is 66.7 Å². The predicted molar refractivity (Wildman–Crippen MR) is 110 cm³/mol. The average Bonchev–Trinajstić information content (AvgIpc) is 2.63. The summed E-state index contributed by atoms with van der Waals surface area (Å²) in [5, 5.41) is 6.32. The first-order valence-corrected chi connectivity index (χ1v) is 8.92. The fourth-order valence-corrected chi connectivity index (χ4v) is 2.91. The number of halogens is 2. The Hall–Kier alpha value is -2.82. The minimum atomic E-state index is -0.340. The van der Waals surface area contributed by atoms with E-state index in [-0.39, 0.29) is 16.8 Å². The molecular formula is C21H16Cl2N2O2. The molecule has 0 saturated carbocycles. The molecule has 0 unspecified atom stereocenters. The van der Waals surface area contributed by atoms with Gasteiger partial charge in [0.1, 0.15) is 0 Å². The number of amides is 2. The summed E-state index contributed by atoms with van der Waals surface area (Å²) in [4.78, 5) is 24.5. The summed E-state index contributed by atoms with van der Waals surface area (Å²) in [5.74, 6) is -0.534. The van der Waals surface area contributed by atoms with Crippen LogP contribution in [0, 0.1) is 6.92 Å². The van der Waals surface area contributed by atoms with Crippen LogP contribution in [0.5, 0.6) is 0 Å². The van der Waals surface area contributed by atoms with Gasteiger partial charge in [-0.3, -0.25) is 9.59 Å². The van der Waals surface area contributed by atoms with Crippen LogP contribution in [-0.4, -0.2) is 11.8 Å². The zero-order valence-corrected chi connectivity index (χ0v) is 15.9. The lowest BCUT2D eigenvalue weighted by Gasteiger charge is -2.09. The second-order valence-corrected chi connectivity index (χ2v) is 6.82. The summed E-state index contributed by atoms with van der Waals surface area (Å²) in [6.45, 7) is 1.96. The molecule has 136 valence electrons. The van der Waals surface area contributed by atoms with Crippen LogP contribution >= 0.6 is 23.2 Å². The first-order valence-electron chi connectivity index (χ1n) is 8.17. The molecule has 0 aliphatic carbocycles. The lowest BCUT2D eigenvalue weighted by atomic mass is 10.1. The average molecular weight is 399 g/mol. The standard InChI is InChI=1S/C21H16Cl2N2O2/c1-13-2-4-14(5-3-13)20(26)24-16-7-9-17(10-8-16)25-21(27)18-11-6-15(22)12-19(18)23/h2-12H,1H3,(H,24,26)(H,25,27). The fraction of sp³-hybridized carbons (Fsp3) is 0.0476. The molecule has 0 heterocycles. The van der Waals surface area contributed by atoms with Gasteiger partial charge in [-0.1, -0.05) is 40.9 Å². The molecule has 3 rings (SSSR count). The third-order valence-corrected chi connectivity index (χ3v) is 4.44. The molecule has 0 aromatic heterocycles. The van der Waals surface area contributed by atoms with Gasteiger partial charge in [0.25, 0.3) is 11.8 Å². The van der Waals surface area contributed by atoms with Gasteiger partial charge < -0.3 is 10.6 Å². The van der Waals surface area contributed by atoms with Crippen molar-refractivity contribution >= 4 is 46.4 Å². The molecule has 0 spiro atoms. The van der Waals surface area contributed by atoms with Gasteiger partial charge in [0.2, 0.25) is 0 Å². The van der Waals surface area contributed by atoms with Crippen LogP contribution < -0.4 is 10.6 Å². The quantitative estimate of drug-likeness (QED) is 0.582. The lowest BCUT2D eigenvalue weighted by Crippen LogP contribution is -2.13. The van der Waals surface area contributed by atoms with E-state index in [0.717, 1.165) is 5.56 Å². The maximum atomic E-state index is 12.3. The van der Waals surface area contributed by atoms with Gasteiger partial charge in [0, 0.05) is 22.0 Å². The number of carbonyl (C=O) groups excluding carboxylic acids is 2. The number of nitrogens with one attached hydrogen (secondary N) is 2. The number of hydrogen-bond donors (Lipinski definition) is 2. The third kappa shape index (κ3) is 4.88. The van der Waals surface area contributed by atoms with Crippen molar-refractivity contribution in [3.63, 3.8) is 0 Å². The van der Waals surface area contributed by atoms with Gasteiger partial charge in [-0.25, -0.2) is 0 Å². The van der Waals surface area contributed by atoms with Crippen molar-refractivity contribution in [1.29, 1.82) is 0 Å². The fourth-order valence-electron chi connectivity index (χ4n) is 2.42. The van der Waals surface area contributed by atoms with E-state index in [4.69, 9.17) is 23.2 Å². The van der Waals surface area contributed by atoms with Crippen LogP contribution in [0.1, 0.15) is 26.3 Å². The molecule has 0 atom stereocenters. The van der Waals surface area contributed by atoms with E-state index in [2.05, 4.69) is 10.6 Å². The minimum Gasteiger partial charge on any atom is -0.322 e. The highest BCUT2D eigenvalue weighted by molar-refractivity contribution is 6.37. The van der Waals surface area contributed by atoms with Crippen molar-refractivity contribution < 1.29 is 9.59 Å². The molecule has 2 N–H and O–H groups in total. The smallest absolute Gasteiger partial charge is 0.257 e. The topological polar surface area (TPSA) is 58.2 Å². The van der Waals surface area contributed by atoms with Crippen LogP contribution in [0.25, 0.3) is 0 Å². The number of anilines is 2. The molecule has 2 amide bonds. The summed E-state index contributed by atoms with van der Waals surface area (Å²) in [5.41, 5.74) is 3.21. The summed E-state index contributed by atoms with van der Waals surface area (Å²) >= 11 is 11.9. The van der Waals surface area contributed by atoms with Gasteiger partial charge in [-0.2, -0.15) is 0 Å². The van der Waals surface area contributed by atoms with Crippen molar-refractivity contribution in [3.05, 3.63) is 93.5 Å². The van der Waals surface area contributed by atoms with Gasteiger partial charge in [-0.15, -0.1) is 0 Å². The van der Waals surface area contributed by atoms with Crippen LogP contribution in [0.3, 0.4) is 0 Å².